The van der Waals surface area contributed by atoms with Crippen molar-refractivity contribution in [1.29, 1.82) is 0 Å². The summed E-state index contributed by atoms with van der Waals surface area (Å²) in [4.78, 5) is 38.2. The van der Waals surface area contributed by atoms with E-state index in [0.717, 1.165) is 10.5 Å². The van der Waals surface area contributed by atoms with Crippen molar-refractivity contribution in [3.8, 4) is 17.2 Å². The fourth-order valence-electron chi connectivity index (χ4n) is 3.02. The molecule has 31 heavy (non-hydrogen) atoms. The van der Waals surface area contributed by atoms with Gasteiger partial charge in [0.1, 0.15) is 29.5 Å². The number of carbonyl (C=O) groups excluding carboxylic acids is 3. The summed E-state index contributed by atoms with van der Waals surface area (Å²) >= 11 is 0. The average Bonchev–Trinajstić information content (AvgIpc) is 3.02. The van der Waals surface area contributed by atoms with Crippen LogP contribution in [0.3, 0.4) is 0 Å². The Labute approximate surface area is 179 Å². The third-order valence-electron chi connectivity index (χ3n) is 4.64. The number of imide groups is 1. The predicted molar refractivity (Wildman–Crippen MR) is 114 cm³/mol. The molecule has 0 radical (unpaired) electrons. The van der Waals surface area contributed by atoms with Crippen molar-refractivity contribution >= 4 is 29.6 Å². The molecule has 0 saturated carbocycles. The smallest absolute Gasteiger partial charge is 0.329 e. The highest BCUT2D eigenvalue weighted by Crippen LogP contribution is 2.36. The van der Waals surface area contributed by atoms with E-state index in [1.807, 2.05) is 19.1 Å². The number of hydrogen-bond acceptors (Lipinski definition) is 6. The van der Waals surface area contributed by atoms with E-state index in [1.165, 1.54) is 27.4 Å². The second-order valence-electron chi connectivity index (χ2n) is 6.74. The van der Waals surface area contributed by atoms with Gasteiger partial charge in [-0.15, -0.1) is 0 Å². The molecule has 1 aliphatic heterocycles. The standard InChI is InChI=1S/C22H23N3O6/c1-13-5-7-14(8-6-13)23-20(26)12-25-21(27)17(24-22(25)28)11-16-18(30-3)9-15(29-2)10-19(16)31-4/h5-11H,12H2,1-4H3,(H,23,26)(H,24,28)/b17-11+. The van der Waals surface area contributed by atoms with Crippen molar-refractivity contribution in [3.63, 3.8) is 0 Å². The molecule has 2 N–H and O–H groups in total. The number of benzene rings is 2. The minimum Gasteiger partial charge on any atom is -0.496 e. The lowest BCUT2D eigenvalue weighted by atomic mass is 10.1. The van der Waals surface area contributed by atoms with E-state index in [1.54, 1.807) is 24.3 Å². The number of ether oxygens (including phenoxy) is 3. The Morgan fingerprint density at radius 3 is 2.19 bits per heavy atom. The van der Waals surface area contributed by atoms with Crippen LogP contribution in [-0.2, 0) is 9.59 Å². The Kier molecular flexibility index (Phi) is 6.44. The minimum atomic E-state index is -0.693. The van der Waals surface area contributed by atoms with Crippen LogP contribution in [0.5, 0.6) is 17.2 Å². The molecule has 1 heterocycles. The highest BCUT2D eigenvalue weighted by molar-refractivity contribution is 6.16. The summed E-state index contributed by atoms with van der Waals surface area (Å²) in [5.41, 5.74) is 2.06. The Morgan fingerprint density at radius 2 is 1.65 bits per heavy atom. The lowest BCUT2D eigenvalue weighted by molar-refractivity contribution is -0.127. The second-order valence-corrected chi connectivity index (χ2v) is 6.74. The van der Waals surface area contributed by atoms with Gasteiger partial charge in [0.15, 0.2) is 0 Å². The van der Waals surface area contributed by atoms with Crippen molar-refractivity contribution in [1.82, 2.24) is 10.2 Å². The van der Waals surface area contributed by atoms with Crippen LogP contribution in [0.25, 0.3) is 6.08 Å². The van der Waals surface area contributed by atoms with E-state index >= 15 is 0 Å². The molecular formula is C22H23N3O6. The summed E-state index contributed by atoms with van der Waals surface area (Å²) in [6.45, 7) is 1.51. The maximum Gasteiger partial charge on any atom is 0.329 e. The first-order valence-electron chi connectivity index (χ1n) is 9.37. The zero-order valence-corrected chi connectivity index (χ0v) is 17.6. The summed E-state index contributed by atoms with van der Waals surface area (Å²) in [7, 11) is 4.44. The molecule has 162 valence electrons. The van der Waals surface area contributed by atoms with Crippen molar-refractivity contribution < 1.29 is 28.6 Å². The van der Waals surface area contributed by atoms with Crippen LogP contribution < -0.4 is 24.8 Å². The number of aryl methyl sites for hydroxylation is 1. The van der Waals surface area contributed by atoms with Gasteiger partial charge in [-0.25, -0.2) is 9.69 Å². The molecule has 0 spiro atoms. The SMILES string of the molecule is COc1cc(OC)c(/C=C2/NC(=O)N(CC(=O)Nc3ccc(C)cc3)C2=O)c(OC)c1. The van der Waals surface area contributed by atoms with Crippen LogP contribution >= 0.6 is 0 Å². The van der Waals surface area contributed by atoms with E-state index in [0.29, 0.717) is 28.5 Å². The third kappa shape index (κ3) is 4.77. The van der Waals surface area contributed by atoms with E-state index in [2.05, 4.69) is 10.6 Å². The maximum absolute atomic E-state index is 12.8. The van der Waals surface area contributed by atoms with Gasteiger partial charge < -0.3 is 24.8 Å². The molecule has 0 unspecified atom stereocenters. The summed E-state index contributed by atoms with van der Waals surface area (Å²) < 4.78 is 15.9. The first-order valence-corrected chi connectivity index (χ1v) is 9.37. The van der Waals surface area contributed by atoms with Gasteiger partial charge in [-0.2, -0.15) is 0 Å². The molecule has 9 nitrogen and oxygen atoms in total. The molecule has 4 amide bonds. The quantitative estimate of drug-likeness (QED) is 0.522. The first kappa shape index (κ1) is 21.7. The van der Waals surface area contributed by atoms with Gasteiger partial charge in [0.05, 0.1) is 26.9 Å². The van der Waals surface area contributed by atoms with Gasteiger partial charge in [-0.1, -0.05) is 17.7 Å². The van der Waals surface area contributed by atoms with Gasteiger partial charge in [0, 0.05) is 17.8 Å². The van der Waals surface area contributed by atoms with Crippen molar-refractivity contribution in [2.75, 3.05) is 33.2 Å². The number of rotatable bonds is 7. The number of carbonyl (C=O) groups is 3. The number of hydrogen-bond donors (Lipinski definition) is 2. The number of amides is 4. The molecule has 3 rings (SSSR count). The Hall–Kier alpha value is -4.01. The van der Waals surface area contributed by atoms with Crippen molar-refractivity contribution in [2.45, 2.75) is 6.92 Å². The molecule has 1 saturated heterocycles. The molecule has 2 aromatic rings. The molecule has 0 aromatic heterocycles. The molecule has 1 aliphatic rings. The number of urea groups is 1. The Morgan fingerprint density at radius 1 is 1.03 bits per heavy atom. The summed E-state index contributed by atoms with van der Waals surface area (Å²) in [5, 5.41) is 5.15. The number of nitrogens with one attached hydrogen (secondary N) is 2. The topological polar surface area (TPSA) is 106 Å². The molecule has 2 aromatic carbocycles. The third-order valence-corrected chi connectivity index (χ3v) is 4.64. The monoisotopic (exact) mass is 425 g/mol. The molecule has 1 fully saturated rings. The lowest BCUT2D eigenvalue weighted by Crippen LogP contribution is -2.38. The number of methoxy groups -OCH3 is 3. The summed E-state index contributed by atoms with van der Waals surface area (Å²) in [6.07, 6.45) is 1.44. The molecular weight excluding hydrogens is 402 g/mol. The van der Waals surface area contributed by atoms with Crippen molar-refractivity contribution in [2.24, 2.45) is 0 Å². The summed E-state index contributed by atoms with van der Waals surface area (Å²) in [5.74, 6) is 0.159. The van der Waals surface area contributed by atoms with Gasteiger partial charge in [0.25, 0.3) is 5.91 Å². The van der Waals surface area contributed by atoms with Crippen LogP contribution in [-0.4, -0.2) is 50.6 Å². The molecule has 0 aliphatic carbocycles. The van der Waals surface area contributed by atoms with Crippen LogP contribution in [0, 0.1) is 6.92 Å². The number of anilines is 1. The lowest BCUT2D eigenvalue weighted by Gasteiger charge is -2.13. The normalized spacial score (nSPS) is 14.5. The Bertz CT molecular complexity index is 1020. The first-order chi connectivity index (χ1) is 14.9. The molecule has 0 atom stereocenters. The highest BCUT2D eigenvalue weighted by Gasteiger charge is 2.35. The molecule has 0 bridgehead atoms. The van der Waals surface area contributed by atoms with E-state index in [-0.39, 0.29) is 5.70 Å². The van der Waals surface area contributed by atoms with Crippen LogP contribution in [0.4, 0.5) is 10.5 Å². The van der Waals surface area contributed by atoms with Crippen LogP contribution in [0.1, 0.15) is 11.1 Å². The minimum absolute atomic E-state index is 0.00472. The predicted octanol–water partition coefficient (Wildman–Crippen LogP) is 2.55. The van der Waals surface area contributed by atoms with E-state index < -0.39 is 24.4 Å². The second kappa shape index (κ2) is 9.21. The largest absolute Gasteiger partial charge is 0.496 e. The fraction of sp³-hybridized carbons (Fsp3) is 0.227. The van der Waals surface area contributed by atoms with Crippen LogP contribution in [0.15, 0.2) is 42.1 Å². The van der Waals surface area contributed by atoms with E-state index in [9.17, 15) is 14.4 Å². The highest BCUT2D eigenvalue weighted by atomic mass is 16.5. The van der Waals surface area contributed by atoms with Crippen molar-refractivity contribution in [3.05, 3.63) is 53.2 Å². The van der Waals surface area contributed by atoms with Gasteiger partial charge in [-0.3, -0.25) is 9.59 Å². The molecule has 9 heteroatoms. The summed E-state index contributed by atoms with van der Waals surface area (Å²) in [6, 6.07) is 9.74. The van der Waals surface area contributed by atoms with Gasteiger partial charge >= 0.3 is 6.03 Å². The van der Waals surface area contributed by atoms with Crippen LogP contribution in [0.2, 0.25) is 0 Å². The zero-order chi connectivity index (χ0) is 22.5. The maximum atomic E-state index is 12.8. The Balaban J connectivity index is 1.80. The average molecular weight is 425 g/mol. The fourth-order valence-corrected chi connectivity index (χ4v) is 3.02. The van der Waals surface area contributed by atoms with Gasteiger partial charge in [-0.05, 0) is 25.1 Å². The zero-order valence-electron chi connectivity index (χ0n) is 17.6. The van der Waals surface area contributed by atoms with E-state index in [4.69, 9.17) is 14.2 Å². The van der Waals surface area contributed by atoms with Gasteiger partial charge in [0.2, 0.25) is 5.91 Å². The number of nitrogens with zero attached hydrogens (tertiary/aromatic N) is 1.